The van der Waals surface area contributed by atoms with Crippen molar-refractivity contribution < 1.29 is 13.5 Å². The van der Waals surface area contributed by atoms with Gasteiger partial charge in [0.2, 0.25) is 0 Å². The lowest BCUT2D eigenvalue weighted by atomic mass is 10.2. The largest absolute Gasteiger partial charge is 0.435 e. The summed E-state index contributed by atoms with van der Waals surface area (Å²) in [4.78, 5) is 8.91. The molecule has 1 saturated heterocycles. The fraction of sp³-hybridized carbons (Fsp3) is 0.294. The average Bonchev–Trinajstić information content (AvgIpc) is 3.23. The molecular weight excluding hydrogens is 328 g/mol. The highest BCUT2D eigenvalue weighted by Crippen LogP contribution is 2.24. The Hall–Kier alpha value is -2.74. The first-order valence-electron chi connectivity index (χ1n) is 8.06. The second kappa shape index (κ2) is 6.64. The van der Waals surface area contributed by atoms with Gasteiger partial charge in [-0.1, -0.05) is 6.07 Å². The van der Waals surface area contributed by atoms with Crippen LogP contribution >= 0.6 is 0 Å². The topological polar surface area (TPSA) is 63.5 Å². The van der Waals surface area contributed by atoms with E-state index in [1.807, 2.05) is 18.2 Å². The molecule has 3 aromatic heterocycles. The van der Waals surface area contributed by atoms with Crippen LogP contribution in [0.5, 0.6) is 5.75 Å². The van der Waals surface area contributed by atoms with E-state index in [-0.39, 0.29) is 5.75 Å². The molecule has 8 heteroatoms. The molecule has 25 heavy (non-hydrogen) atoms. The number of nitrogens with one attached hydrogen (secondary N) is 2. The van der Waals surface area contributed by atoms with Crippen LogP contribution in [0.3, 0.4) is 0 Å². The molecule has 6 nitrogen and oxygen atoms in total. The summed E-state index contributed by atoms with van der Waals surface area (Å²) in [5, 5.41) is 6.72. The molecule has 0 radical (unpaired) electrons. The Bertz CT molecular complexity index is 876. The van der Waals surface area contributed by atoms with Crippen LogP contribution in [-0.4, -0.2) is 40.1 Å². The zero-order valence-electron chi connectivity index (χ0n) is 13.3. The third kappa shape index (κ3) is 3.39. The number of halogens is 2. The Morgan fingerprint density at radius 3 is 3.04 bits per heavy atom. The number of hydrogen-bond donors (Lipinski definition) is 2. The van der Waals surface area contributed by atoms with Gasteiger partial charge in [-0.3, -0.25) is 4.40 Å². The summed E-state index contributed by atoms with van der Waals surface area (Å²) in [6.45, 7) is -0.923. The highest BCUT2D eigenvalue weighted by atomic mass is 19.3. The molecule has 3 aromatic rings. The number of hydrogen-bond acceptors (Lipinski definition) is 5. The summed E-state index contributed by atoms with van der Waals surface area (Å²) in [5.74, 6) is 0.885. The summed E-state index contributed by atoms with van der Waals surface area (Å²) in [6.07, 6.45) is 4.39. The van der Waals surface area contributed by atoms with Gasteiger partial charge in [-0.2, -0.15) is 8.78 Å². The SMILES string of the molecule is FC(F)Oc1ccn2c(-c3cccc(NC4CCNC4)n3)cnc2c1. The number of anilines is 1. The predicted octanol–water partition coefficient (Wildman–Crippen LogP) is 2.77. The van der Waals surface area contributed by atoms with Crippen molar-refractivity contribution in [3.8, 4) is 17.1 Å². The molecule has 1 unspecified atom stereocenters. The van der Waals surface area contributed by atoms with Gasteiger partial charge in [-0.25, -0.2) is 9.97 Å². The summed E-state index contributed by atoms with van der Waals surface area (Å²) in [5.41, 5.74) is 2.06. The third-order valence-electron chi connectivity index (χ3n) is 4.13. The van der Waals surface area contributed by atoms with E-state index < -0.39 is 6.61 Å². The molecule has 4 rings (SSSR count). The third-order valence-corrected chi connectivity index (χ3v) is 4.13. The fourth-order valence-electron chi connectivity index (χ4n) is 2.97. The number of pyridine rings is 2. The Kier molecular flexibility index (Phi) is 4.19. The van der Waals surface area contributed by atoms with Crippen LogP contribution < -0.4 is 15.4 Å². The van der Waals surface area contributed by atoms with Crippen LogP contribution in [0.15, 0.2) is 42.7 Å². The number of rotatable bonds is 5. The molecule has 4 heterocycles. The molecule has 130 valence electrons. The van der Waals surface area contributed by atoms with Crippen molar-refractivity contribution in [2.45, 2.75) is 19.1 Å². The van der Waals surface area contributed by atoms with E-state index >= 15 is 0 Å². The highest BCUT2D eigenvalue weighted by Gasteiger charge is 2.15. The maximum Gasteiger partial charge on any atom is 0.387 e. The summed E-state index contributed by atoms with van der Waals surface area (Å²) >= 11 is 0. The molecule has 0 saturated carbocycles. The highest BCUT2D eigenvalue weighted by molar-refractivity contribution is 5.62. The van der Waals surface area contributed by atoms with Crippen LogP contribution in [0, 0.1) is 0 Å². The van der Waals surface area contributed by atoms with Crippen LogP contribution in [0.2, 0.25) is 0 Å². The predicted molar refractivity (Wildman–Crippen MR) is 90.0 cm³/mol. The lowest BCUT2D eigenvalue weighted by Gasteiger charge is -2.12. The van der Waals surface area contributed by atoms with E-state index in [9.17, 15) is 8.78 Å². The van der Waals surface area contributed by atoms with Crippen molar-refractivity contribution in [1.82, 2.24) is 19.7 Å². The van der Waals surface area contributed by atoms with E-state index in [1.165, 1.54) is 12.1 Å². The molecule has 2 N–H and O–H groups in total. The van der Waals surface area contributed by atoms with E-state index in [2.05, 4.69) is 25.3 Å². The zero-order chi connectivity index (χ0) is 17.2. The molecule has 0 spiro atoms. The molecule has 0 bridgehead atoms. The van der Waals surface area contributed by atoms with Crippen molar-refractivity contribution in [1.29, 1.82) is 0 Å². The molecular formula is C17H17F2N5O. The van der Waals surface area contributed by atoms with Crippen molar-refractivity contribution in [2.24, 2.45) is 0 Å². The minimum absolute atomic E-state index is 0.0803. The van der Waals surface area contributed by atoms with Crippen molar-refractivity contribution in [3.05, 3.63) is 42.7 Å². The molecule has 1 aliphatic rings. The monoisotopic (exact) mass is 345 g/mol. The van der Waals surface area contributed by atoms with Crippen LogP contribution in [-0.2, 0) is 0 Å². The van der Waals surface area contributed by atoms with Crippen molar-refractivity contribution in [3.63, 3.8) is 0 Å². The lowest BCUT2D eigenvalue weighted by molar-refractivity contribution is -0.0498. The van der Waals surface area contributed by atoms with E-state index in [0.717, 1.165) is 36.7 Å². The first-order valence-corrected chi connectivity index (χ1v) is 8.06. The van der Waals surface area contributed by atoms with Crippen LogP contribution in [0.1, 0.15) is 6.42 Å². The smallest absolute Gasteiger partial charge is 0.387 e. The second-order valence-electron chi connectivity index (χ2n) is 5.85. The molecule has 1 atom stereocenters. The van der Waals surface area contributed by atoms with Gasteiger partial charge in [0.1, 0.15) is 17.2 Å². The number of imidazole rings is 1. The van der Waals surface area contributed by atoms with Gasteiger partial charge in [-0.05, 0) is 31.2 Å². The van der Waals surface area contributed by atoms with E-state index in [1.54, 1.807) is 16.8 Å². The molecule has 0 aliphatic carbocycles. The zero-order valence-corrected chi connectivity index (χ0v) is 13.3. The maximum absolute atomic E-state index is 12.3. The van der Waals surface area contributed by atoms with Crippen molar-refractivity contribution >= 4 is 11.5 Å². The van der Waals surface area contributed by atoms with Gasteiger partial charge in [0, 0.05) is 24.8 Å². The van der Waals surface area contributed by atoms with Gasteiger partial charge in [0.25, 0.3) is 0 Å². The molecule has 1 aliphatic heterocycles. The van der Waals surface area contributed by atoms with Crippen LogP contribution in [0.25, 0.3) is 17.0 Å². The Morgan fingerprint density at radius 2 is 2.24 bits per heavy atom. The van der Waals surface area contributed by atoms with Gasteiger partial charge in [0.15, 0.2) is 0 Å². The first kappa shape index (κ1) is 15.8. The molecule has 0 amide bonds. The van der Waals surface area contributed by atoms with E-state index in [0.29, 0.717) is 11.7 Å². The van der Waals surface area contributed by atoms with Gasteiger partial charge >= 0.3 is 6.61 Å². The minimum atomic E-state index is -2.86. The van der Waals surface area contributed by atoms with E-state index in [4.69, 9.17) is 0 Å². The molecule has 1 fully saturated rings. The summed E-state index contributed by atoms with van der Waals surface area (Å²) < 4.78 is 30.9. The first-order chi connectivity index (χ1) is 12.2. The fourth-order valence-corrected chi connectivity index (χ4v) is 2.97. The Balaban J connectivity index is 1.62. The van der Waals surface area contributed by atoms with Gasteiger partial charge < -0.3 is 15.4 Å². The number of ether oxygens (including phenoxy) is 1. The number of aromatic nitrogens is 3. The lowest BCUT2D eigenvalue weighted by Crippen LogP contribution is -2.22. The number of nitrogens with zero attached hydrogens (tertiary/aromatic N) is 3. The second-order valence-corrected chi connectivity index (χ2v) is 5.85. The Morgan fingerprint density at radius 1 is 1.32 bits per heavy atom. The maximum atomic E-state index is 12.3. The minimum Gasteiger partial charge on any atom is -0.435 e. The van der Waals surface area contributed by atoms with Crippen LogP contribution in [0.4, 0.5) is 14.6 Å². The number of fused-ring (bicyclic) bond motifs is 1. The van der Waals surface area contributed by atoms with Crippen molar-refractivity contribution in [2.75, 3.05) is 18.4 Å². The summed E-state index contributed by atoms with van der Waals surface area (Å²) in [6, 6.07) is 9.09. The van der Waals surface area contributed by atoms with Gasteiger partial charge in [-0.15, -0.1) is 0 Å². The van der Waals surface area contributed by atoms with Gasteiger partial charge in [0.05, 0.1) is 17.6 Å². The summed E-state index contributed by atoms with van der Waals surface area (Å²) in [7, 11) is 0. The molecule has 0 aromatic carbocycles. The number of alkyl halides is 2. The standard InChI is InChI=1S/C17H17F2N5O/c18-17(19)25-12-5-7-24-14(10-21-16(24)8-12)13-2-1-3-15(23-13)22-11-4-6-20-9-11/h1-3,5,7-8,10-11,17,20H,4,6,9H2,(H,22,23). The quantitative estimate of drug-likeness (QED) is 0.744. The Labute approximate surface area is 142 Å². The normalized spacial score (nSPS) is 17.3. The average molecular weight is 345 g/mol.